The number of methoxy groups -OCH3 is 1. The maximum Gasteiger partial charge on any atom is 0.254 e. The van der Waals surface area contributed by atoms with Gasteiger partial charge in [-0.25, -0.2) is 4.39 Å². The fourth-order valence-corrected chi connectivity index (χ4v) is 2.61. The van der Waals surface area contributed by atoms with E-state index < -0.39 is 0 Å². The molecular formula is C19H23FN2O3. The van der Waals surface area contributed by atoms with Gasteiger partial charge >= 0.3 is 0 Å². The second kappa shape index (κ2) is 8.58. The lowest BCUT2D eigenvalue weighted by Gasteiger charge is -2.29. The average Bonchev–Trinajstić information content (AvgIpc) is 2.60. The largest absolute Gasteiger partial charge is 0.383 e. The van der Waals surface area contributed by atoms with Crippen LogP contribution in [-0.2, 0) is 17.8 Å². The van der Waals surface area contributed by atoms with E-state index in [0.29, 0.717) is 25.3 Å². The third-order valence-corrected chi connectivity index (χ3v) is 4.05. The van der Waals surface area contributed by atoms with Crippen molar-refractivity contribution in [1.29, 1.82) is 0 Å². The van der Waals surface area contributed by atoms with Crippen molar-refractivity contribution in [2.24, 2.45) is 0 Å². The van der Waals surface area contributed by atoms with Gasteiger partial charge in [-0.2, -0.15) is 0 Å². The van der Waals surface area contributed by atoms with Crippen molar-refractivity contribution in [1.82, 2.24) is 9.47 Å². The molecule has 1 aromatic carbocycles. The van der Waals surface area contributed by atoms with Gasteiger partial charge in [-0.1, -0.05) is 12.1 Å². The number of aryl methyl sites for hydroxylation is 1. The molecule has 0 bridgehead atoms. The second-order valence-corrected chi connectivity index (χ2v) is 5.90. The van der Waals surface area contributed by atoms with Crippen LogP contribution in [-0.4, -0.2) is 35.1 Å². The van der Waals surface area contributed by atoms with Crippen LogP contribution in [0, 0.1) is 5.82 Å². The van der Waals surface area contributed by atoms with Crippen molar-refractivity contribution in [3.63, 3.8) is 0 Å². The Balaban J connectivity index is 2.30. The Hall–Kier alpha value is -2.47. The zero-order valence-electron chi connectivity index (χ0n) is 14.7. The molecule has 0 aliphatic rings. The van der Waals surface area contributed by atoms with Crippen molar-refractivity contribution in [2.45, 2.75) is 33.0 Å². The predicted molar refractivity (Wildman–Crippen MR) is 94.0 cm³/mol. The molecule has 0 saturated carbocycles. The summed E-state index contributed by atoms with van der Waals surface area (Å²) in [7, 11) is 1.57. The summed E-state index contributed by atoms with van der Waals surface area (Å²) in [5.74, 6) is -0.580. The van der Waals surface area contributed by atoms with Crippen LogP contribution in [0.3, 0.4) is 0 Å². The topological polar surface area (TPSA) is 51.5 Å². The Morgan fingerprint density at radius 1 is 1.28 bits per heavy atom. The van der Waals surface area contributed by atoms with Crippen molar-refractivity contribution < 1.29 is 13.9 Å². The molecule has 1 atom stereocenters. The van der Waals surface area contributed by atoms with E-state index in [0.717, 1.165) is 5.56 Å². The molecular weight excluding hydrogens is 323 g/mol. The summed E-state index contributed by atoms with van der Waals surface area (Å²) in [6.07, 6.45) is 1.62. The molecule has 0 N–H and O–H groups in total. The van der Waals surface area contributed by atoms with E-state index in [1.807, 2.05) is 13.8 Å². The molecule has 25 heavy (non-hydrogen) atoms. The van der Waals surface area contributed by atoms with Gasteiger partial charge in [-0.15, -0.1) is 0 Å². The van der Waals surface area contributed by atoms with Gasteiger partial charge in [0.05, 0.1) is 12.6 Å². The van der Waals surface area contributed by atoms with Crippen LogP contribution in [0.4, 0.5) is 4.39 Å². The van der Waals surface area contributed by atoms with Crippen LogP contribution >= 0.6 is 0 Å². The van der Waals surface area contributed by atoms with Gasteiger partial charge in [-0.05, 0) is 37.6 Å². The van der Waals surface area contributed by atoms with Crippen LogP contribution in [0.1, 0.15) is 29.8 Å². The van der Waals surface area contributed by atoms with Gasteiger partial charge < -0.3 is 14.2 Å². The molecule has 0 unspecified atom stereocenters. The molecule has 0 fully saturated rings. The first-order valence-corrected chi connectivity index (χ1v) is 8.21. The van der Waals surface area contributed by atoms with E-state index in [1.165, 1.54) is 22.8 Å². The van der Waals surface area contributed by atoms with Gasteiger partial charge in [0.25, 0.3) is 11.5 Å². The minimum absolute atomic E-state index is 0.198. The third-order valence-electron chi connectivity index (χ3n) is 4.05. The fraction of sp³-hybridized carbons (Fsp3) is 0.368. The number of ether oxygens (including phenoxy) is 1. The van der Waals surface area contributed by atoms with E-state index >= 15 is 0 Å². The Morgan fingerprint density at radius 3 is 2.52 bits per heavy atom. The average molecular weight is 346 g/mol. The molecule has 2 rings (SSSR count). The number of nitrogens with zero attached hydrogens (tertiary/aromatic N) is 2. The summed E-state index contributed by atoms with van der Waals surface area (Å²) < 4.78 is 19.8. The molecule has 0 aliphatic heterocycles. The highest BCUT2D eigenvalue weighted by Gasteiger charge is 2.22. The molecule has 0 radical (unpaired) electrons. The van der Waals surface area contributed by atoms with Crippen molar-refractivity contribution in [2.75, 3.05) is 13.7 Å². The predicted octanol–water partition coefficient (Wildman–Crippen LogP) is 2.68. The number of aromatic nitrogens is 1. The molecule has 1 amide bonds. The first kappa shape index (κ1) is 18.9. The minimum atomic E-state index is -0.324. The first-order chi connectivity index (χ1) is 12.0. The van der Waals surface area contributed by atoms with E-state index in [4.69, 9.17) is 4.74 Å². The number of hydrogen-bond donors (Lipinski definition) is 0. The summed E-state index contributed by atoms with van der Waals surface area (Å²) >= 11 is 0. The first-order valence-electron chi connectivity index (χ1n) is 8.21. The van der Waals surface area contributed by atoms with Gasteiger partial charge in [0, 0.05) is 38.0 Å². The highest BCUT2D eigenvalue weighted by molar-refractivity contribution is 5.94. The summed E-state index contributed by atoms with van der Waals surface area (Å²) in [6.45, 7) is 4.95. The summed E-state index contributed by atoms with van der Waals surface area (Å²) in [6, 6.07) is 8.81. The highest BCUT2D eigenvalue weighted by Crippen LogP contribution is 2.14. The van der Waals surface area contributed by atoms with E-state index in [-0.39, 0.29) is 23.3 Å². The molecule has 6 heteroatoms. The molecule has 5 nitrogen and oxygen atoms in total. The van der Waals surface area contributed by atoms with Crippen LogP contribution in [0.2, 0.25) is 0 Å². The lowest BCUT2D eigenvalue weighted by molar-refractivity contribution is 0.0541. The smallest absolute Gasteiger partial charge is 0.254 e. The monoisotopic (exact) mass is 346 g/mol. The molecule has 0 saturated heterocycles. The van der Waals surface area contributed by atoms with Crippen LogP contribution in [0.5, 0.6) is 0 Å². The number of benzene rings is 1. The highest BCUT2D eigenvalue weighted by atomic mass is 19.1. The Labute approximate surface area is 146 Å². The Kier molecular flexibility index (Phi) is 6.47. The van der Waals surface area contributed by atoms with Crippen molar-refractivity contribution in [3.8, 4) is 0 Å². The van der Waals surface area contributed by atoms with Crippen molar-refractivity contribution >= 4 is 5.91 Å². The van der Waals surface area contributed by atoms with Crippen molar-refractivity contribution in [3.05, 3.63) is 69.9 Å². The molecule has 134 valence electrons. The zero-order valence-corrected chi connectivity index (χ0v) is 14.7. The number of hydrogen-bond acceptors (Lipinski definition) is 3. The maximum absolute atomic E-state index is 13.1. The third kappa shape index (κ3) is 4.76. The van der Waals surface area contributed by atoms with Gasteiger partial charge in [0.1, 0.15) is 5.82 Å². The summed E-state index contributed by atoms with van der Waals surface area (Å²) in [5.41, 5.74) is 0.925. The van der Waals surface area contributed by atoms with E-state index in [1.54, 1.807) is 36.4 Å². The number of pyridine rings is 1. The van der Waals surface area contributed by atoms with Crippen LogP contribution in [0.25, 0.3) is 0 Å². The number of rotatable bonds is 7. The lowest BCUT2D eigenvalue weighted by Crippen LogP contribution is -2.41. The fourth-order valence-electron chi connectivity index (χ4n) is 2.61. The van der Waals surface area contributed by atoms with Gasteiger partial charge in [0.2, 0.25) is 0 Å². The van der Waals surface area contributed by atoms with E-state index in [2.05, 4.69) is 0 Å². The van der Waals surface area contributed by atoms with Crippen LogP contribution in [0.15, 0.2) is 47.4 Å². The molecule has 1 aromatic heterocycles. The SMILES string of the molecule is CCn1ccc(C(=O)N(Cc2ccc(F)cc2)[C@@H](C)COC)cc1=O. The molecule has 0 spiro atoms. The maximum atomic E-state index is 13.1. The molecule has 2 aromatic rings. The molecule has 0 aliphatic carbocycles. The number of carbonyl (C=O) groups is 1. The van der Waals surface area contributed by atoms with Gasteiger partial charge in [0.15, 0.2) is 0 Å². The summed E-state index contributed by atoms with van der Waals surface area (Å²) in [5, 5.41) is 0. The van der Waals surface area contributed by atoms with Gasteiger partial charge in [-0.3, -0.25) is 9.59 Å². The molecule has 1 heterocycles. The van der Waals surface area contributed by atoms with E-state index in [9.17, 15) is 14.0 Å². The standard InChI is InChI=1S/C19H23FN2O3/c1-4-21-10-9-16(11-18(21)23)19(24)22(14(2)13-25-3)12-15-5-7-17(20)8-6-15/h5-11,14H,4,12-13H2,1-3H3/t14-/m0/s1. The number of halogens is 1. The van der Waals surface area contributed by atoms with Crippen LogP contribution < -0.4 is 5.56 Å². The zero-order chi connectivity index (χ0) is 18.4. The minimum Gasteiger partial charge on any atom is -0.383 e. The quantitative estimate of drug-likeness (QED) is 0.774. The lowest BCUT2D eigenvalue weighted by atomic mass is 10.1. The second-order valence-electron chi connectivity index (χ2n) is 5.90. The number of amides is 1. The number of carbonyl (C=O) groups excluding carboxylic acids is 1. The normalized spacial score (nSPS) is 12.0. The Bertz CT molecular complexity index is 771. The summed E-state index contributed by atoms with van der Waals surface area (Å²) in [4.78, 5) is 26.6. The Morgan fingerprint density at radius 2 is 1.96 bits per heavy atom.